The Hall–Kier alpha value is -3.16. The van der Waals surface area contributed by atoms with Gasteiger partial charge in [-0.2, -0.15) is 13.1 Å². The molecule has 0 unspecified atom stereocenters. The lowest BCUT2D eigenvalue weighted by molar-refractivity contribution is -0.244. The monoisotopic (exact) mass is 521 g/mol. The third-order valence-electron chi connectivity index (χ3n) is 6.35. The third kappa shape index (κ3) is 6.59. The molecule has 3 aromatic rings. The molecule has 198 valence electrons. The average molecular weight is 522 g/mol. The Kier molecular flexibility index (Phi) is 8.20. The van der Waals surface area contributed by atoms with Crippen molar-refractivity contribution >= 4 is 22.0 Å². The molecule has 1 amide bonds. The summed E-state index contributed by atoms with van der Waals surface area (Å²) in [5.74, 6) is -0.317. The first-order valence-electron chi connectivity index (χ1n) is 12.4. The molecule has 0 heterocycles. The maximum absolute atomic E-state index is 13.8. The fourth-order valence-corrected chi connectivity index (χ4v) is 5.64. The quantitative estimate of drug-likeness (QED) is 0.450. The fourth-order valence-electron chi connectivity index (χ4n) is 4.50. The smallest absolute Gasteiger partial charge is 0.306 e. The Balaban J connectivity index is 2.13. The molecule has 0 saturated carbocycles. The van der Waals surface area contributed by atoms with Gasteiger partial charge in [-0.3, -0.25) is 0 Å². The van der Waals surface area contributed by atoms with Crippen molar-refractivity contribution in [2.45, 2.75) is 65.2 Å². The van der Waals surface area contributed by atoms with Crippen molar-refractivity contribution in [3.05, 3.63) is 101 Å². The standard InChI is InChI=1S/C30H38N2O4S/c1-21-18-25(29(2,3)4)27(26(19-21)30(5,6)7)32(28(33)34)37(35,36)31-20-24(22-14-10-8-11-15-22)23-16-12-9-13-17-23/h8-19,24,31H,20H2,1-7H3,(H,33,34)/p-1. The van der Waals surface area contributed by atoms with Crippen molar-refractivity contribution in [3.63, 3.8) is 0 Å². The van der Waals surface area contributed by atoms with E-state index in [0.29, 0.717) is 15.4 Å². The molecule has 3 aromatic carbocycles. The number of hydrogen-bond acceptors (Lipinski definition) is 4. The number of carboxylic acid groups (broad SMARTS) is 1. The minimum absolute atomic E-state index is 0.0261. The third-order valence-corrected chi connectivity index (χ3v) is 7.70. The molecular formula is C30H37N2O4S-. The predicted molar refractivity (Wildman–Crippen MR) is 148 cm³/mol. The van der Waals surface area contributed by atoms with Crippen LogP contribution in [0, 0.1) is 6.92 Å². The highest BCUT2D eigenvalue weighted by atomic mass is 32.2. The number of nitrogens with zero attached hydrogens (tertiary/aromatic N) is 1. The summed E-state index contributed by atoms with van der Waals surface area (Å²) >= 11 is 0. The first kappa shape index (κ1) is 28.4. The molecule has 0 aromatic heterocycles. The number of aryl methyl sites for hydroxylation is 1. The highest BCUT2D eigenvalue weighted by molar-refractivity contribution is 7.91. The van der Waals surface area contributed by atoms with Crippen LogP contribution in [0.1, 0.15) is 75.3 Å². The molecule has 6 nitrogen and oxygen atoms in total. The fraction of sp³-hybridized carbons (Fsp3) is 0.367. The zero-order valence-electron chi connectivity index (χ0n) is 22.7. The second-order valence-corrected chi connectivity index (χ2v) is 13.1. The largest absolute Gasteiger partial charge is 0.529 e. The second kappa shape index (κ2) is 10.7. The van der Waals surface area contributed by atoms with E-state index in [1.165, 1.54) is 0 Å². The molecule has 0 aliphatic rings. The van der Waals surface area contributed by atoms with Gasteiger partial charge in [0.2, 0.25) is 0 Å². The Morgan fingerprint density at radius 2 is 1.24 bits per heavy atom. The summed E-state index contributed by atoms with van der Waals surface area (Å²) in [6.45, 7) is 13.5. The molecule has 7 heteroatoms. The van der Waals surface area contributed by atoms with Crippen LogP contribution in [0.5, 0.6) is 0 Å². The SMILES string of the molecule is Cc1cc(C(C)(C)C)c(N(C(=O)[O-])S(=O)(=O)NCC(c2ccccc2)c2ccccc2)c(C(C)(C)C)c1. The highest BCUT2D eigenvalue weighted by Gasteiger charge is 2.35. The van der Waals surface area contributed by atoms with Gasteiger partial charge in [0.1, 0.15) is 0 Å². The molecule has 0 bridgehead atoms. The number of carbonyl (C=O) groups is 1. The van der Waals surface area contributed by atoms with E-state index in [-0.39, 0.29) is 18.2 Å². The van der Waals surface area contributed by atoms with E-state index < -0.39 is 27.1 Å². The van der Waals surface area contributed by atoms with E-state index in [9.17, 15) is 18.3 Å². The van der Waals surface area contributed by atoms with Crippen molar-refractivity contribution in [1.82, 2.24) is 4.72 Å². The molecule has 3 rings (SSSR count). The van der Waals surface area contributed by atoms with Gasteiger partial charge in [-0.25, -0.2) is 4.31 Å². The number of hydrogen-bond donors (Lipinski definition) is 1. The van der Waals surface area contributed by atoms with Crippen LogP contribution in [0.4, 0.5) is 10.5 Å². The molecule has 0 atom stereocenters. The first-order chi connectivity index (χ1) is 17.1. The number of amides is 1. The number of benzene rings is 3. The highest BCUT2D eigenvalue weighted by Crippen LogP contribution is 2.42. The second-order valence-electron chi connectivity index (χ2n) is 11.5. The molecule has 0 radical (unpaired) electrons. The Bertz CT molecular complexity index is 1270. The summed E-state index contributed by atoms with van der Waals surface area (Å²) in [6.07, 6.45) is -1.80. The summed E-state index contributed by atoms with van der Waals surface area (Å²) < 4.78 is 30.6. The first-order valence-corrected chi connectivity index (χ1v) is 13.8. The van der Waals surface area contributed by atoms with E-state index in [1.807, 2.05) is 121 Å². The predicted octanol–water partition coefficient (Wildman–Crippen LogP) is 5.41. The number of rotatable bonds is 7. The molecule has 0 aliphatic carbocycles. The van der Waals surface area contributed by atoms with E-state index in [0.717, 1.165) is 16.7 Å². The minimum atomic E-state index is -4.54. The lowest BCUT2D eigenvalue weighted by Gasteiger charge is -2.36. The van der Waals surface area contributed by atoms with E-state index in [4.69, 9.17) is 0 Å². The Morgan fingerprint density at radius 1 is 0.838 bits per heavy atom. The van der Waals surface area contributed by atoms with Gasteiger partial charge >= 0.3 is 10.2 Å². The molecule has 0 spiro atoms. The summed E-state index contributed by atoms with van der Waals surface area (Å²) in [5, 5.41) is 12.6. The van der Waals surface area contributed by atoms with Crippen LogP contribution in [-0.4, -0.2) is 21.1 Å². The van der Waals surface area contributed by atoms with E-state index in [2.05, 4.69) is 4.72 Å². The van der Waals surface area contributed by atoms with Crippen LogP contribution in [0.2, 0.25) is 0 Å². The topological polar surface area (TPSA) is 89.5 Å². The van der Waals surface area contributed by atoms with Crippen LogP contribution in [-0.2, 0) is 21.0 Å². The van der Waals surface area contributed by atoms with Gasteiger partial charge in [-0.05, 0) is 40.0 Å². The molecular weight excluding hydrogens is 484 g/mol. The van der Waals surface area contributed by atoms with Crippen LogP contribution in [0.3, 0.4) is 0 Å². The number of anilines is 1. The molecule has 1 N–H and O–H groups in total. The van der Waals surface area contributed by atoms with Crippen molar-refractivity contribution in [3.8, 4) is 0 Å². The van der Waals surface area contributed by atoms with Crippen molar-refractivity contribution in [1.29, 1.82) is 0 Å². The molecule has 37 heavy (non-hydrogen) atoms. The lowest BCUT2D eigenvalue weighted by atomic mass is 9.77. The van der Waals surface area contributed by atoms with Gasteiger partial charge in [0, 0.05) is 12.5 Å². The van der Waals surface area contributed by atoms with E-state index >= 15 is 0 Å². The molecule has 0 fully saturated rings. The van der Waals surface area contributed by atoms with Crippen molar-refractivity contribution in [2.24, 2.45) is 0 Å². The van der Waals surface area contributed by atoms with E-state index in [1.54, 1.807) is 0 Å². The number of carbonyl (C=O) groups excluding carboxylic acids is 1. The van der Waals surface area contributed by atoms with Gasteiger partial charge < -0.3 is 9.90 Å². The minimum Gasteiger partial charge on any atom is -0.529 e. The average Bonchev–Trinajstić information content (AvgIpc) is 2.79. The Labute approximate surface area is 221 Å². The summed E-state index contributed by atoms with van der Waals surface area (Å²) in [7, 11) is -4.54. The van der Waals surface area contributed by atoms with Gasteiger partial charge in [-0.15, -0.1) is 0 Å². The summed E-state index contributed by atoms with van der Waals surface area (Å²) in [5.41, 5.74) is 3.08. The van der Waals surface area contributed by atoms with Gasteiger partial charge in [-0.1, -0.05) is 120 Å². The lowest BCUT2D eigenvalue weighted by Crippen LogP contribution is -2.52. The number of nitrogens with one attached hydrogen (secondary N) is 1. The zero-order valence-corrected chi connectivity index (χ0v) is 23.5. The van der Waals surface area contributed by atoms with Crippen LogP contribution in [0.25, 0.3) is 0 Å². The summed E-state index contributed by atoms with van der Waals surface area (Å²) in [4.78, 5) is 12.6. The van der Waals surface area contributed by atoms with Crippen LogP contribution in [0.15, 0.2) is 72.8 Å². The van der Waals surface area contributed by atoms with Gasteiger partial charge in [0.25, 0.3) is 0 Å². The van der Waals surface area contributed by atoms with Crippen molar-refractivity contribution in [2.75, 3.05) is 10.8 Å². The van der Waals surface area contributed by atoms with Crippen LogP contribution < -0.4 is 14.1 Å². The van der Waals surface area contributed by atoms with Gasteiger partial charge in [0.15, 0.2) is 6.09 Å². The molecule has 0 saturated heterocycles. The maximum atomic E-state index is 13.8. The Morgan fingerprint density at radius 3 is 1.59 bits per heavy atom. The molecule has 0 aliphatic heterocycles. The zero-order chi connectivity index (χ0) is 27.6. The van der Waals surface area contributed by atoms with Crippen molar-refractivity contribution < 1.29 is 18.3 Å². The normalized spacial score (nSPS) is 12.5. The van der Waals surface area contributed by atoms with Crippen LogP contribution >= 0.6 is 0 Å². The maximum Gasteiger partial charge on any atom is 0.306 e. The summed E-state index contributed by atoms with van der Waals surface area (Å²) in [6, 6.07) is 22.8. The van der Waals surface area contributed by atoms with Gasteiger partial charge in [0.05, 0.1) is 5.69 Å².